The van der Waals surface area contributed by atoms with E-state index in [1.807, 2.05) is 36.4 Å². The lowest BCUT2D eigenvalue weighted by Crippen LogP contribution is -2.19. The van der Waals surface area contributed by atoms with E-state index >= 15 is 0 Å². The lowest BCUT2D eigenvalue weighted by molar-refractivity contribution is -0.120. The monoisotopic (exact) mass is 481 g/mol. The van der Waals surface area contributed by atoms with E-state index in [1.54, 1.807) is 30.3 Å². The average Bonchev–Trinajstić information content (AvgIpc) is 2.75. The predicted octanol–water partition coefficient (Wildman–Crippen LogP) is 5.25. The summed E-state index contributed by atoms with van der Waals surface area (Å²) in [5.41, 5.74) is 5.56. The van der Waals surface area contributed by atoms with Crippen molar-refractivity contribution in [1.29, 1.82) is 5.26 Å². The van der Waals surface area contributed by atoms with Gasteiger partial charge in [-0.3, -0.25) is 4.79 Å². The summed E-state index contributed by atoms with van der Waals surface area (Å²) in [7, 11) is 0. The number of ether oxygens (including phenoxy) is 1. The van der Waals surface area contributed by atoms with Gasteiger partial charge in [0.1, 0.15) is 12.4 Å². The molecule has 3 aromatic carbocycles. The van der Waals surface area contributed by atoms with Crippen molar-refractivity contribution in [2.45, 2.75) is 13.0 Å². The molecule has 7 heteroatoms. The van der Waals surface area contributed by atoms with Crippen molar-refractivity contribution in [1.82, 2.24) is 5.43 Å². The van der Waals surface area contributed by atoms with Gasteiger partial charge < -0.3 is 4.74 Å². The molecule has 1 amide bonds. The van der Waals surface area contributed by atoms with Crippen LogP contribution in [0.1, 0.15) is 22.3 Å². The van der Waals surface area contributed by atoms with Crippen LogP contribution in [0.2, 0.25) is 5.02 Å². The van der Waals surface area contributed by atoms with Crippen LogP contribution in [0.15, 0.2) is 76.3 Å². The Hall–Kier alpha value is -3.14. The van der Waals surface area contributed by atoms with Gasteiger partial charge in [-0.05, 0) is 53.6 Å². The van der Waals surface area contributed by atoms with Gasteiger partial charge in [0.25, 0.3) is 0 Å². The minimum absolute atomic E-state index is 0.224. The third kappa shape index (κ3) is 6.45. The molecule has 0 spiro atoms. The molecular weight excluding hydrogens is 466 g/mol. The number of nitriles is 1. The summed E-state index contributed by atoms with van der Waals surface area (Å²) in [6.45, 7) is 0.324. The number of hydrogen-bond acceptors (Lipinski definition) is 4. The number of carbonyl (C=O) groups is 1. The number of hydrazone groups is 1. The van der Waals surface area contributed by atoms with Gasteiger partial charge in [0.2, 0.25) is 5.91 Å². The first-order valence-electron chi connectivity index (χ1n) is 9.01. The van der Waals surface area contributed by atoms with Gasteiger partial charge in [-0.2, -0.15) is 10.4 Å². The van der Waals surface area contributed by atoms with Crippen molar-refractivity contribution in [3.8, 4) is 11.8 Å². The maximum Gasteiger partial charge on any atom is 0.244 e. The molecule has 0 heterocycles. The minimum atomic E-state index is -0.226. The van der Waals surface area contributed by atoms with Gasteiger partial charge in [-0.1, -0.05) is 51.8 Å². The molecule has 0 fully saturated rings. The van der Waals surface area contributed by atoms with Crippen LogP contribution in [0, 0.1) is 11.3 Å². The van der Waals surface area contributed by atoms with Crippen molar-refractivity contribution < 1.29 is 9.53 Å². The van der Waals surface area contributed by atoms with Crippen LogP contribution in [0.25, 0.3) is 0 Å². The van der Waals surface area contributed by atoms with Crippen LogP contribution in [-0.2, 0) is 17.8 Å². The Morgan fingerprint density at radius 1 is 1.10 bits per heavy atom. The number of benzene rings is 3. The summed E-state index contributed by atoms with van der Waals surface area (Å²) >= 11 is 9.46. The Labute approximate surface area is 188 Å². The molecule has 0 radical (unpaired) electrons. The number of rotatable bonds is 7. The Morgan fingerprint density at radius 2 is 1.80 bits per heavy atom. The smallest absolute Gasteiger partial charge is 0.244 e. The molecule has 1 N–H and O–H groups in total. The summed E-state index contributed by atoms with van der Waals surface area (Å²) in [4.78, 5) is 12.1. The second-order valence-corrected chi connectivity index (χ2v) is 7.73. The zero-order valence-corrected chi connectivity index (χ0v) is 18.2. The van der Waals surface area contributed by atoms with Crippen molar-refractivity contribution in [3.05, 3.63) is 98.5 Å². The van der Waals surface area contributed by atoms with Crippen LogP contribution in [0.4, 0.5) is 0 Å². The van der Waals surface area contributed by atoms with Gasteiger partial charge in [-0.25, -0.2) is 5.43 Å². The fourth-order valence-electron chi connectivity index (χ4n) is 2.59. The number of carbonyl (C=O) groups excluding carboxylic acids is 1. The highest BCUT2D eigenvalue weighted by Gasteiger charge is 2.06. The number of amides is 1. The first kappa shape index (κ1) is 21.6. The third-order valence-electron chi connectivity index (χ3n) is 4.12. The molecule has 0 bridgehead atoms. The zero-order chi connectivity index (χ0) is 21.3. The highest BCUT2D eigenvalue weighted by Crippen LogP contribution is 2.22. The van der Waals surface area contributed by atoms with Crippen LogP contribution in [0.3, 0.4) is 0 Å². The largest absolute Gasteiger partial charge is 0.488 e. The third-order valence-corrected chi connectivity index (χ3v) is 4.88. The van der Waals surface area contributed by atoms with Crippen molar-refractivity contribution in [2.24, 2.45) is 5.10 Å². The van der Waals surface area contributed by atoms with Gasteiger partial charge in [0.15, 0.2) is 0 Å². The highest BCUT2D eigenvalue weighted by molar-refractivity contribution is 9.10. The topological polar surface area (TPSA) is 74.5 Å². The Balaban J connectivity index is 1.61. The molecule has 0 saturated carbocycles. The standard InChI is InChI=1S/C23H17BrClN3O2/c24-20-7-5-16(6-8-20)11-23(29)28-27-14-19-12-21(25)9-10-22(19)30-15-18-3-1-17(13-26)2-4-18/h1-10,12,14H,11,15H2,(H,28,29)/b27-14-. The second kappa shape index (κ2) is 10.6. The fourth-order valence-corrected chi connectivity index (χ4v) is 3.03. The average molecular weight is 483 g/mol. The molecule has 3 aromatic rings. The second-order valence-electron chi connectivity index (χ2n) is 6.38. The molecule has 0 saturated heterocycles. The van der Waals surface area contributed by atoms with Gasteiger partial charge in [0.05, 0.1) is 24.3 Å². The van der Waals surface area contributed by atoms with E-state index in [0.717, 1.165) is 15.6 Å². The van der Waals surface area contributed by atoms with E-state index < -0.39 is 0 Å². The number of halogens is 2. The van der Waals surface area contributed by atoms with Crippen LogP contribution in [0.5, 0.6) is 5.75 Å². The van der Waals surface area contributed by atoms with Gasteiger partial charge in [-0.15, -0.1) is 0 Å². The van der Waals surface area contributed by atoms with Crippen LogP contribution < -0.4 is 10.2 Å². The number of nitrogens with zero attached hydrogens (tertiary/aromatic N) is 2. The summed E-state index contributed by atoms with van der Waals surface area (Å²) < 4.78 is 6.82. The SMILES string of the molecule is N#Cc1ccc(COc2ccc(Cl)cc2/C=N\NC(=O)Cc2ccc(Br)cc2)cc1. The molecule has 0 atom stereocenters. The lowest BCUT2D eigenvalue weighted by atomic mass is 10.1. The molecule has 5 nitrogen and oxygen atoms in total. The Morgan fingerprint density at radius 3 is 2.50 bits per heavy atom. The van der Waals surface area contributed by atoms with E-state index in [2.05, 4.69) is 32.5 Å². The lowest BCUT2D eigenvalue weighted by Gasteiger charge is -2.10. The number of nitrogens with one attached hydrogen (secondary N) is 1. The van der Waals surface area contributed by atoms with E-state index in [9.17, 15) is 4.79 Å². The summed E-state index contributed by atoms with van der Waals surface area (Å²) in [6, 6.07) is 21.9. The van der Waals surface area contributed by atoms with E-state index in [0.29, 0.717) is 28.5 Å². The molecule has 3 rings (SSSR count). The number of hydrogen-bond donors (Lipinski definition) is 1. The molecular formula is C23H17BrClN3O2. The highest BCUT2D eigenvalue weighted by atomic mass is 79.9. The molecule has 150 valence electrons. The van der Waals surface area contributed by atoms with Crippen molar-refractivity contribution in [3.63, 3.8) is 0 Å². The predicted molar refractivity (Wildman–Crippen MR) is 121 cm³/mol. The van der Waals surface area contributed by atoms with Gasteiger partial charge >= 0.3 is 0 Å². The van der Waals surface area contributed by atoms with Crippen molar-refractivity contribution in [2.75, 3.05) is 0 Å². The summed E-state index contributed by atoms with van der Waals surface area (Å²) in [5, 5.41) is 13.4. The van der Waals surface area contributed by atoms with Crippen LogP contribution >= 0.6 is 27.5 Å². The fraction of sp³-hybridized carbons (Fsp3) is 0.0870. The zero-order valence-electron chi connectivity index (χ0n) is 15.8. The minimum Gasteiger partial charge on any atom is -0.488 e. The summed E-state index contributed by atoms with van der Waals surface area (Å²) in [5.74, 6) is 0.352. The van der Waals surface area contributed by atoms with E-state index in [4.69, 9.17) is 21.6 Å². The van der Waals surface area contributed by atoms with E-state index in [-0.39, 0.29) is 12.3 Å². The summed E-state index contributed by atoms with van der Waals surface area (Å²) in [6.07, 6.45) is 1.72. The molecule has 30 heavy (non-hydrogen) atoms. The van der Waals surface area contributed by atoms with Gasteiger partial charge in [0, 0.05) is 15.1 Å². The first-order chi connectivity index (χ1) is 14.5. The maximum absolute atomic E-state index is 12.1. The van der Waals surface area contributed by atoms with E-state index in [1.165, 1.54) is 6.21 Å². The molecule has 0 unspecified atom stereocenters. The quantitative estimate of drug-likeness (QED) is 0.369. The molecule has 0 aromatic heterocycles. The molecule has 0 aliphatic carbocycles. The Kier molecular flexibility index (Phi) is 7.61. The molecule has 0 aliphatic rings. The van der Waals surface area contributed by atoms with Crippen LogP contribution in [-0.4, -0.2) is 12.1 Å². The normalized spacial score (nSPS) is 10.6. The Bertz CT molecular complexity index is 1090. The molecule has 0 aliphatic heterocycles. The maximum atomic E-state index is 12.1. The first-order valence-corrected chi connectivity index (χ1v) is 10.2. The van der Waals surface area contributed by atoms with Crippen molar-refractivity contribution >= 4 is 39.7 Å².